The molecule has 1 aromatic heterocycles. The first kappa shape index (κ1) is 12.4. The van der Waals surface area contributed by atoms with Crippen LogP contribution in [0.4, 0.5) is 0 Å². The van der Waals surface area contributed by atoms with Gasteiger partial charge in [-0.05, 0) is 43.2 Å². The molecular formula is C13H11BrClNO. The second-order valence-electron chi connectivity index (χ2n) is 3.77. The minimum absolute atomic E-state index is 0.424. The predicted octanol–water partition coefficient (Wildman–Crippen LogP) is 4.91. The molecule has 0 amide bonds. The van der Waals surface area contributed by atoms with Crippen molar-refractivity contribution in [2.24, 2.45) is 0 Å². The maximum atomic E-state index is 5.80. The van der Waals surface area contributed by atoms with Gasteiger partial charge in [-0.15, -0.1) is 0 Å². The Balaban J connectivity index is 2.31. The van der Waals surface area contributed by atoms with Gasteiger partial charge in [-0.1, -0.05) is 33.6 Å². The van der Waals surface area contributed by atoms with Crippen LogP contribution in [0.25, 0.3) is 0 Å². The van der Waals surface area contributed by atoms with E-state index in [-0.39, 0.29) is 0 Å². The minimum Gasteiger partial charge on any atom is -0.439 e. The quantitative estimate of drug-likeness (QED) is 0.735. The van der Waals surface area contributed by atoms with E-state index in [1.165, 1.54) is 0 Å². The minimum atomic E-state index is 0.424. The van der Waals surface area contributed by atoms with E-state index in [4.69, 9.17) is 16.3 Å². The Morgan fingerprint density at radius 1 is 1.18 bits per heavy atom. The molecule has 2 nitrogen and oxygen atoms in total. The molecule has 0 saturated carbocycles. The number of aromatic nitrogens is 1. The molecule has 2 rings (SSSR count). The maximum Gasteiger partial charge on any atom is 0.220 e. The molecule has 0 atom stereocenters. The fourth-order valence-electron chi connectivity index (χ4n) is 1.53. The smallest absolute Gasteiger partial charge is 0.220 e. The highest BCUT2D eigenvalue weighted by molar-refractivity contribution is 9.10. The lowest BCUT2D eigenvalue weighted by molar-refractivity contribution is 0.462. The Kier molecular flexibility index (Phi) is 3.69. The number of benzene rings is 1. The lowest BCUT2D eigenvalue weighted by Crippen LogP contribution is -1.90. The summed E-state index contributed by atoms with van der Waals surface area (Å²) < 4.78 is 6.76. The van der Waals surface area contributed by atoms with Gasteiger partial charge in [-0.25, -0.2) is 4.98 Å². The van der Waals surface area contributed by atoms with Crippen molar-refractivity contribution in [3.8, 4) is 11.6 Å². The van der Waals surface area contributed by atoms with Crippen molar-refractivity contribution in [1.29, 1.82) is 0 Å². The van der Waals surface area contributed by atoms with Gasteiger partial charge in [-0.3, -0.25) is 0 Å². The van der Waals surface area contributed by atoms with Crippen molar-refractivity contribution in [2.45, 2.75) is 13.8 Å². The SMILES string of the molecule is Cc1cc(Oc2cccc(Cl)n2)cc(C)c1Br. The lowest BCUT2D eigenvalue weighted by Gasteiger charge is -2.09. The number of aryl methyl sites for hydroxylation is 2. The van der Waals surface area contributed by atoms with Crippen LogP contribution in [0.2, 0.25) is 5.15 Å². The van der Waals surface area contributed by atoms with Crippen LogP contribution in [0.5, 0.6) is 11.6 Å². The van der Waals surface area contributed by atoms with Gasteiger partial charge < -0.3 is 4.74 Å². The highest BCUT2D eigenvalue weighted by atomic mass is 79.9. The monoisotopic (exact) mass is 311 g/mol. The van der Waals surface area contributed by atoms with E-state index >= 15 is 0 Å². The van der Waals surface area contributed by atoms with Gasteiger partial charge in [0.1, 0.15) is 10.9 Å². The van der Waals surface area contributed by atoms with Crippen molar-refractivity contribution in [1.82, 2.24) is 4.98 Å². The van der Waals surface area contributed by atoms with Gasteiger partial charge in [0.15, 0.2) is 0 Å². The van der Waals surface area contributed by atoms with Crippen LogP contribution >= 0.6 is 27.5 Å². The third kappa shape index (κ3) is 2.99. The summed E-state index contributed by atoms with van der Waals surface area (Å²) in [4.78, 5) is 4.08. The van der Waals surface area contributed by atoms with Crippen LogP contribution in [0, 0.1) is 13.8 Å². The number of hydrogen-bond donors (Lipinski definition) is 0. The first-order valence-corrected chi connectivity index (χ1v) is 6.30. The van der Waals surface area contributed by atoms with Crippen LogP contribution in [0.1, 0.15) is 11.1 Å². The molecule has 0 fully saturated rings. The van der Waals surface area contributed by atoms with Crippen molar-refractivity contribution in [3.05, 3.63) is 51.1 Å². The summed E-state index contributed by atoms with van der Waals surface area (Å²) >= 11 is 9.32. The molecule has 0 spiro atoms. The van der Waals surface area contributed by atoms with E-state index < -0.39 is 0 Å². The zero-order chi connectivity index (χ0) is 12.4. The molecule has 0 bridgehead atoms. The Morgan fingerprint density at radius 3 is 2.41 bits per heavy atom. The largest absolute Gasteiger partial charge is 0.439 e. The van der Waals surface area contributed by atoms with E-state index in [9.17, 15) is 0 Å². The van der Waals surface area contributed by atoms with E-state index in [2.05, 4.69) is 20.9 Å². The van der Waals surface area contributed by atoms with Crippen molar-refractivity contribution >= 4 is 27.5 Å². The summed E-state index contributed by atoms with van der Waals surface area (Å²) in [6, 6.07) is 9.22. The molecule has 0 unspecified atom stereocenters. The number of rotatable bonds is 2. The third-order valence-electron chi connectivity index (χ3n) is 2.32. The number of nitrogens with zero attached hydrogens (tertiary/aromatic N) is 1. The molecule has 0 aliphatic carbocycles. The Morgan fingerprint density at radius 2 is 1.82 bits per heavy atom. The third-order valence-corrected chi connectivity index (χ3v) is 3.78. The van der Waals surface area contributed by atoms with E-state index in [0.717, 1.165) is 21.3 Å². The highest BCUT2D eigenvalue weighted by Gasteiger charge is 2.05. The molecule has 0 radical (unpaired) electrons. The van der Waals surface area contributed by atoms with Gasteiger partial charge >= 0.3 is 0 Å². The molecule has 0 N–H and O–H groups in total. The molecule has 4 heteroatoms. The van der Waals surface area contributed by atoms with Crippen LogP contribution in [0.3, 0.4) is 0 Å². The van der Waals surface area contributed by atoms with Gasteiger partial charge in [0.2, 0.25) is 5.88 Å². The first-order chi connectivity index (χ1) is 8.06. The molecule has 1 heterocycles. The van der Waals surface area contributed by atoms with Crippen LogP contribution < -0.4 is 4.74 Å². The maximum absolute atomic E-state index is 5.80. The van der Waals surface area contributed by atoms with Crippen LogP contribution in [-0.4, -0.2) is 4.98 Å². The topological polar surface area (TPSA) is 22.1 Å². The molecule has 2 aromatic rings. The van der Waals surface area contributed by atoms with Crippen molar-refractivity contribution in [3.63, 3.8) is 0 Å². The summed E-state index contributed by atoms with van der Waals surface area (Å²) in [6.45, 7) is 4.05. The second kappa shape index (κ2) is 5.07. The average molecular weight is 313 g/mol. The van der Waals surface area contributed by atoms with Crippen molar-refractivity contribution < 1.29 is 4.74 Å². The zero-order valence-corrected chi connectivity index (χ0v) is 11.8. The van der Waals surface area contributed by atoms with E-state index in [1.54, 1.807) is 12.1 Å². The molecule has 0 saturated heterocycles. The van der Waals surface area contributed by atoms with Crippen molar-refractivity contribution in [2.75, 3.05) is 0 Å². The summed E-state index contributed by atoms with van der Waals surface area (Å²) in [5, 5.41) is 0.424. The number of pyridine rings is 1. The molecule has 0 aliphatic heterocycles. The Hall–Kier alpha value is -1.06. The molecule has 88 valence electrons. The number of halogens is 2. The average Bonchev–Trinajstić information content (AvgIpc) is 2.26. The van der Waals surface area contributed by atoms with E-state index in [1.807, 2.05) is 32.0 Å². The molecule has 0 aliphatic rings. The number of hydrogen-bond acceptors (Lipinski definition) is 2. The molecule has 17 heavy (non-hydrogen) atoms. The van der Waals surface area contributed by atoms with E-state index in [0.29, 0.717) is 11.0 Å². The van der Waals surface area contributed by atoms with Gasteiger partial charge in [0.05, 0.1) is 0 Å². The van der Waals surface area contributed by atoms with Gasteiger partial charge in [0.25, 0.3) is 0 Å². The Bertz CT molecular complexity index is 534. The zero-order valence-electron chi connectivity index (χ0n) is 9.50. The fraction of sp³-hybridized carbons (Fsp3) is 0.154. The second-order valence-corrected chi connectivity index (χ2v) is 4.95. The highest BCUT2D eigenvalue weighted by Crippen LogP contribution is 2.29. The predicted molar refractivity (Wildman–Crippen MR) is 72.9 cm³/mol. The Labute approximate surface area is 114 Å². The number of ether oxygens (including phenoxy) is 1. The van der Waals surface area contributed by atoms with Crippen LogP contribution in [0.15, 0.2) is 34.8 Å². The molecular weight excluding hydrogens is 302 g/mol. The normalized spacial score (nSPS) is 10.4. The summed E-state index contributed by atoms with van der Waals surface area (Å²) in [5.41, 5.74) is 2.25. The summed E-state index contributed by atoms with van der Waals surface area (Å²) in [5.74, 6) is 1.26. The fourth-order valence-corrected chi connectivity index (χ4v) is 1.92. The first-order valence-electron chi connectivity index (χ1n) is 5.13. The summed E-state index contributed by atoms with van der Waals surface area (Å²) in [7, 11) is 0. The molecule has 1 aromatic carbocycles. The standard InChI is InChI=1S/C13H11BrClNO/c1-8-6-10(7-9(2)13(8)14)17-12-5-3-4-11(15)16-12/h3-7H,1-2H3. The lowest BCUT2D eigenvalue weighted by atomic mass is 10.1. The van der Waals surface area contributed by atoms with Gasteiger partial charge in [0, 0.05) is 10.5 Å². The van der Waals surface area contributed by atoms with Gasteiger partial charge in [-0.2, -0.15) is 0 Å². The summed E-state index contributed by atoms with van der Waals surface area (Å²) in [6.07, 6.45) is 0. The van der Waals surface area contributed by atoms with Crippen LogP contribution in [-0.2, 0) is 0 Å².